The van der Waals surface area contributed by atoms with Crippen LogP contribution >= 0.6 is 15.9 Å². The van der Waals surface area contributed by atoms with E-state index in [9.17, 15) is 8.42 Å². The SMILES string of the molecule is O=S(=O)(C1CCC1C1CCC1)N1CCC(Nc2ncc(Br)c(N3CCOc4ccccc43)n2)CC1. The Kier molecular flexibility index (Phi) is 6.39. The highest BCUT2D eigenvalue weighted by molar-refractivity contribution is 9.10. The Labute approximate surface area is 215 Å². The third kappa shape index (κ3) is 4.42. The molecule has 2 saturated carbocycles. The van der Waals surface area contributed by atoms with E-state index in [0.29, 0.717) is 44.0 Å². The van der Waals surface area contributed by atoms with Crippen LogP contribution in [0.25, 0.3) is 0 Å². The molecule has 1 saturated heterocycles. The van der Waals surface area contributed by atoms with Crippen LogP contribution < -0.4 is 15.0 Å². The third-order valence-corrected chi connectivity index (χ3v) is 11.3. The lowest BCUT2D eigenvalue weighted by Gasteiger charge is -2.47. The molecule has 0 bridgehead atoms. The highest BCUT2D eigenvalue weighted by Crippen LogP contribution is 2.47. The number of nitrogens with zero attached hydrogens (tertiary/aromatic N) is 4. The highest BCUT2D eigenvalue weighted by Gasteiger charge is 2.48. The first-order valence-electron chi connectivity index (χ1n) is 12.8. The van der Waals surface area contributed by atoms with E-state index in [2.05, 4.69) is 31.1 Å². The van der Waals surface area contributed by atoms with Crippen molar-refractivity contribution in [3.63, 3.8) is 0 Å². The number of halogens is 1. The molecule has 0 spiro atoms. The number of aromatic nitrogens is 2. The largest absolute Gasteiger partial charge is 0.490 e. The van der Waals surface area contributed by atoms with Crippen LogP contribution in [0.4, 0.5) is 17.5 Å². The smallest absolute Gasteiger partial charge is 0.224 e. The van der Waals surface area contributed by atoms with Crippen LogP contribution in [-0.2, 0) is 10.0 Å². The second-order valence-corrected chi connectivity index (χ2v) is 13.2. The van der Waals surface area contributed by atoms with Gasteiger partial charge in [0.25, 0.3) is 0 Å². The molecule has 2 aliphatic carbocycles. The molecule has 188 valence electrons. The van der Waals surface area contributed by atoms with E-state index < -0.39 is 10.0 Å². The minimum absolute atomic E-state index is 0.147. The zero-order chi connectivity index (χ0) is 24.0. The standard InChI is InChI=1S/C25H32BrN5O3S/c26-20-16-27-25(29-24(20)31-14-15-34-22-7-2-1-6-21(22)31)28-18-10-12-30(13-11-18)35(32,33)23-9-8-19(23)17-4-3-5-17/h1-2,6-7,16-19,23H,3-5,8-15H2,(H,27,28,29). The number of para-hydroxylation sites is 2. The molecule has 3 fully saturated rings. The zero-order valence-electron chi connectivity index (χ0n) is 19.8. The molecule has 1 aromatic heterocycles. The first kappa shape index (κ1) is 23.5. The minimum Gasteiger partial charge on any atom is -0.490 e. The van der Waals surface area contributed by atoms with E-state index in [-0.39, 0.29) is 11.3 Å². The average Bonchev–Trinajstić information content (AvgIpc) is 2.81. The van der Waals surface area contributed by atoms with Gasteiger partial charge in [0, 0.05) is 25.3 Å². The minimum atomic E-state index is -3.20. The molecule has 4 aliphatic rings. The number of anilines is 3. The molecule has 8 nitrogen and oxygen atoms in total. The van der Waals surface area contributed by atoms with Crippen LogP contribution in [0.1, 0.15) is 44.9 Å². The van der Waals surface area contributed by atoms with E-state index in [1.54, 1.807) is 10.5 Å². The average molecular weight is 563 g/mol. The summed E-state index contributed by atoms with van der Waals surface area (Å²) in [6.45, 7) is 2.42. The van der Waals surface area contributed by atoms with Crippen molar-refractivity contribution in [3.8, 4) is 5.75 Å². The first-order valence-corrected chi connectivity index (χ1v) is 15.1. The molecule has 0 radical (unpaired) electrons. The summed E-state index contributed by atoms with van der Waals surface area (Å²) in [5.74, 6) is 3.25. The Morgan fingerprint density at radius 3 is 2.54 bits per heavy atom. The lowest BCUT2D eigenvalue weighted by atomic mass is 9.66. The van der Waals surface area contributed by atoms with Crippen molar-refractivity contribution in [3.05, 3.63) is 34.9 Å². The van der Waals surface area contributed by atoms with Gasteiger partial charge in [-0.1, -0.05) is 31.4 Å². The Morgan fingerprint density at radius 1 is 1.03 bits per heavy atom. The highest BCUT2D eigenvalue weighted by atomic mass is 79.9. The molecule has 0 amide bonds. The summed E-state index contributed by atoms with van der Waals surface area (Å²) >= 11 is 3.61. The fraction of sp³-hybridized carbons (Fsp3) is 0.600. The number of sulfonamides is 1. The Hall–Kier alpha value is -1.91. The van der Waals surface area contributed by atoms with E-state index in [1.165, 1.54) is 19.3 Å². The molecule has 35 heavy (non-hydrogen) atoms. The predicted octanol–water partition coefficient (Wildman–Crippen LogP) is 4.55. The molecule has 2 atom stereocenters. The van der Waals surface area contributed by atoms with Crippen LogP contribution in [0.5, 0.6) is 5.75 Å². The van der Waals surface area contributed by atoms with Gasteiger partial charge in [0.1, 0.15) is 12.4 Å². The molecule has 2 aliphatic heterocycles. The summed E-state index contributed by atoms with van der Waals surface area (Å²) in [6.07, 6.45) is 8.92. The number of benzene rings is 1. The Balaban J connectivity index is 1.11. The number of nitrogens with one attached hydrogen (secondary N) is 1. The molecule has 6 rings (SSSR count). The molecule has 10 heteroatoms. The van der Waals surface area contributed by atoms with Crippen molar-refractivity contribution in [2.24, 2.45) is 11.8 Å². The number of fused-ring (bicyclic) bond motifs is 1. The molecule has 1 N–H and O–H groups in total. The van der Waals surface area contributed by atoms with Gasteiger partial charge in [-0.25, -0.2) is 17.7 Å². The summed E-state index contributed by atoms with van der Waals surface area (Å²) in [4.78, 5) is 11.5. The summed E-state index contributed by atoms with van der Waals surface area (Å²) in [5, 5.41) is 3.32. The summed E-state index contributed by atoms with van der Waals surface area (Å²) < 4.78 is 35.0. The van der Waals surface area contributed by atoms with Crippen molar-refractivity contribution in [1.29, 1.82) is 0 Å². The number of hydrogen-bond acceptors (Lipinski definition) is 7. The molecule has 3 heterocycles. The zero-order valence-corrected chi connectivity index (χ0v) is 22.2. The first-order chi connectivity index (χ1) is 17.0. The fourth-order valence-corrected chi connectivity index (χ4v) is 8.65. The van der Waals surface area contributed by atoms with Gasteiger partial charge < -0.3 is 15.0 Å². The van der Waals surface area contributed by atoms with E-state index in [4.69, 9.17) is 9.72 Å². The van der Waals surface area contributed by atoms with Gasteiger partial charge in [-0.3, -0.25) is 0 Å². The molecule has 1 aromatic carbocycles. The number of piperidine rings is 1. The quantitative estimate of drug-likeness (QED) is 0.553. The van der Waals surface area contributed by atoms with Gasteiger partial charge in [-0.15, -0.1) is 0 Å². The van der Waals surface area contributed by atoms with Gasteiger partial charge in [0.05, 0.1) is 22.0 Å². The summed E-state index contributed by atoms with van der Waals surface area (Å²) in [7, 11) is -3.20. The topological polar surface area (TPSA) is 87.7 Å². The van der Waals surface area contributed by atoms with E-state index in [1.807, 2.05) is 24.3 Å². The van der Waals surface area contributed by atoms with Crippen molar-refractivity contribution in [2.75, 3.05) is 36.5 Å². The van der Waals surface area contributed by atoms with Crippen LogP contribution in [0.2, 0.25) is 0 Å². The van der Waals surface area contributed by atoms with Crippen LogP contribution in [0.15, 0.2) is 34.9 Å². The lowest BCUT2D eigenvalue weighted by Crippen LogP contribution is -2.53. The monoisotopic (exact) mass is 561 g/mol. The lowest BCUT2D eigenvalue weighted by molar-refractivity contribution is 0.129. The number of ether oxygens (including phenoxy) is 1. The van der Waals surface area contributed by atoms with Crippen LogP contribution in [0, 0.1) is 11.8 Å². The number of hydrogen-bond donors (Lipinski definition) is 1. The van der Waals surface area contributed by atoms with Gasteiger partial charge in [-0.05, 0) is 65.6 Å². The molecule has 2 unspecified atom stereocenters. The van der Waals surface area contributed by atoms with Crippen LogP contribution in [0.3, 0.4) is 0 Å². The maximum absolute atomic E-state index is 13.3. The van der Waals surface area contributed by atoms with Crippen molar-refractivity contribution < 1.29 is 13.2 Å². The van der Waals surface area contributed by atoms with Crippen molar-refractivity contribution in [2.45, 2.75) is 56.2 Å². The molecule has 2 aromatic rings. The third-order valence-electron chi connectivity index (χ3n) is 8.26. The van der Waals surface area contributed by atoms with Crippen molar-refractivity contribution >= 4 is 43.4 Å². The molecular weight excluding hydrogens is 530 g/mol. The second kappa shape index (κ2) is 9.52. The van der Waals surface area contributed by atoms with Crippen LogP contribution in [-0.4, -0.2) is 60.2 Å². The second-order valence-electron chi connectivity index (χ2n) is 10.2. The fourth-order valence-electron chi connectivity index (χ4n) is 5.91. The van der Waals surface area contributed by atoms with Gasteiger partial charge >= 0.3 is 0 Å². The van der Waals surface area contributed by atoms with E-state index in [0.717, 1.165) is 47.4 Å². The van der Waals surface area contributed by atoms with Gasteiger partial charge in [-0.2, -0.15) is 4.98 Å². The number of rotatable bonds is 6. The Bertz CT molecular complexity index is 1180. The summed E-state index contributed by atoms with van der Waals surface area (Å²) in [6, 6.07) is 8.11. The molecular formula is C25H32BrN5O3S. The maximum Gasteiger partial charge on any atom is 0.224 e. The normalized spacial score (nSPS) is 25.8. The van der Waals surface area contributed by atoms with Gasteiger partial charge in [0.2, 0.25) is 16.0 Å². The Morgan fingerprint density at radius 2 is 1.83 bits per heavy atom. The van der Waals surface area contributed by atoms with Gasteiger partial charge in [0.15, 0.2) is 5.82 Å². The predicted molar refractivity (Wildman–Crippen MR) is 140 cm³/mol. The van der Waals surface area contributed by atoms with E-state index >= 15 is 0 Å². The summed E-state index contributed by atoms with van der Waals surface area (Å²) in [5.41, 5.74) is 0.985. The maximum atomic E-state index is 13.3. The van der Waals surface area contributed by atoms with Crippen molar-refractivity contribution in [1.82, 2.24) is 14.3 Å².